The zero-order valence-corrected chi connectivity index (χ0v) is 11.4. The first-order valence-electron chi connectivity index (χ1n) is 6.97. The van der Waals surface area contributed by atoms with Crippen LogP contribution in [0.25, 0.3) is 0 Å². The molecule has 1 saturated carbocycles. The van der Waals surface area contributed by atoms with Crippen LogP contribution in [0.2, 0.25) is 0 Å². The molecular weight excluding hydrogens is 240 g/mol. The predicted octanol–water partition coefficient (Wildman–Crippen LogP) is 2.16. The lowest BCUT2D eigenvalue weighted by Gasteiger charge is -2.25. The zero-order valence-electron chi connectivity index (χ0n) is 11.4. The van der Waals surface area contributed by atoms with Gasteiger partial charge in [-0.05, 0) is 31.2 Å². The van der Waals surface area contributed by atoms with E-state index in [1.807, 2.05) is 25.1 Å². The summed E-state index contributed by atoms with van der Waals surface area (Å²) in [6.07, 6.45) is 2.35. The second-order valence-corrected chi connectivity index (χ2v) is 4.98. The number of hydrogen-bond donors (Lipinski definition) is 2. The van der Waals surface area contributed by atoms with Crippen LogP contribution in [-0.4, -0.2) is 35.7 Å². The maximum absolute atomic E-state index is 12.2. The van der Waals surface area contributed by atoms with Gasteiger partial charge in [-0.25, -0.2) is 4.79 Å². The second-order valence-electron chi connectivity index (χ2n) is 4.98. The van der Waals surface area contributed by atoms with Gasteiger partial charge in [0.2, 0.25) is 0 Å². The summed E-state index contributed by atoms with van der Waals surface area (Å²) < 4.78 is 0. The molecule has 0 spiro atoms. The summed E-state index contributed by atoms with van der Waals surface area (Å²) in [5, 5.41) is 12.1. The van der Waals surface area contributed by atoms with Crippen LogP contribution in [0, 0.1) is 5.92 Å². The lowest BCUT2D eigenvalue weighted by molar-refractivity contribution is 0.176. The van der Waals surface area contributed by atoms with Crippen molar-refractivity contribution in [3.8, 4) is 0 Å². The quantitative estimate of drug-likeness (QED) is 0.825. The zero-order chi connectivity index (χ0) is 13.7. The van der Waals surface area contributed by atoms with Crippen molar-refractivity contribution in [1.82, 2.24) is 10.2 Å². The number of rotatable bonds is 6. The number of amides is 2. The van der Waals surface area contributed by atoms with E-state index in [1.54, 1.807) is 4.90 Å². The van der Waals surface area contributed by atoms with Crippen molar-refractivity contribution in [2.45, 2.75) is 25.8 Å². The molecule has 4 heteroatoms. The minimum absolute atomic E-state index is 0.000687. The molecule has 104 valence electrons. The van der Waals surface area contributed by atoms with E-state index < -0.39 is 0 Å². The summed E-state index contributed by atoms with van der Waals surface area (Å²) in [5.41, 5.74) is 1.17. The van der Waals surface area contributed by atoms with Crippen molar-refractivity contribution >= 4 is 6.03 Å². The number of hydrogen-bond acceptors (Lipinski definition) is 2. The molecule has 0 aromatic heterocycles. The Morgan fingerprint density at radius 1 is 1.42 bits per heavy atom. The van der Waals surface area contributed by atoms with E-state index in [4.69, 9.17) is 5.11 Å². The van der Waals surface area contributed by atoms with Crippen molar-refractivity contribution in [3.05, 3.63) is 35.9 Å². The molecule has 1 fully saturated rings. The van der Waals surface area contributed by atoms with E-state index in [9.17, 15) is 4.79 Å². The normalized spacial score (nSPS) is 15.9. The molecule has 1 aliphatic carbocycles. The molecule has 19 heavy (non-hydrogen) atoms. The van der Waals surface area contributed by atoms with Crippen molar-refractivity contribution in [2.24, 2.45) is 5.92 Å². The van der Waals surface area contributed by atoms with Crippen LogP contribution < -0.4 is 5.32 Å². The molecule has 1 aliphatic rings. The number of aliphatic hydroxyl groups is 1. The average molecular weight is 262 g/mol. The van der Waals surface area contributed by atoms with E-state index in [-0.39, 0.29) is 18.7 Å². The van der Waals surface area contributed by atoms with Gasteiger partial charge >= 0.3 is 6.03 Å². The molecule has 2 rings (SSSR count). The van der Waals surface area contributed by atoms with Gasteiger partial charge in [0.15, 0.2) is 0 Å². The van der Waals surface area contributed by atoms with Crippen LogP contribution in [0.5, 0.6) is 0 Å². The fourth-order valence-corrected chi connectivity index (χ4v) is 2.31. The highest BCUT2D eigenvalue weighted by molar-refractivity contribution is 5.74. The van der Waals surface area contributed by atoms with E-state index in [0.29, 0.717) is 19.0 Å². The Morgan fingerprint density at radius 2 is 2.11 bits per heavy atom. The fourth-order valence-electron chi connectivity index (χ4n) is 2.31. The summed E-state index contributed by atoms with van der Waals surface area (Å²) in [6.45, 7) is 2.91. The standard InChI is InChI=1S/C15H22N2O2/c1-2-17(10-11-18)15(19)16-14(13-8-9-13)12-6-4-3-5-7-12/h3-7,13-14,18H,2,8-11H2,1H3,(H,16,19). The summed E-state index contributed by atoms with van der Waals surface area (Å²) in [7, 11) is 0. The van der Waals surface area contributed by atoms with Gasteiger partial charge in [0.1, 0.15) is 0 Å². The van der Waals surface area contributed by atoms with Crippen LogP contribution in [0.15, 0.2) is 30.3 Å². The maximum Gasteiger partial charge on any atom is 0.317 e. The summed E-state index contributed by atoms with van der Waals surface area (Å²) >= 11 is 0. The van der Waals surface area contributed by atoms with E-state index in [2.05, 4.69) is 17.4 Å². The first kappa shape index (κ1) is 13.9. The number of urea groups is 1. The number of nitrogens with one attached hydrogen (secondary N) is 1. The van der Waals surface area contributed by atoms with Crippen molar-refractivity contribution in [3.63, 3.8) is 0 Å². The van der Waals surface area contributed by atoms with E-state index in [0.717, 1.165) is 0 Å². The second kappa shape index (κ2) is 6.57. The van der Waals surface area contributed by atoms with Gasteiger partial charge in [0, 0.05) is 13.1 Å². The molecule has 1 aromatic carbocycles. The molecule has 1 aromatic rings. The first-order valence-corrected chi connectivity index (χ1v) is 6.97. The minimum Gasteiger partial charge on any atom is -0.395 e. The van der Waals surface area contributed by atoms with Gasteiger partial charge in [-0.3, -0.25) is 0 Å². The summed E-state index contributed by atoms with van der Waals surface area (Å²) in [6, 6.07) is 10.1. The Balaban J connectivity index is 2.03. The third-order valence-corrected chi connectivity index (χ3v) is 3.57. The van der Waals surface area contributed by atoms with Crippen molar-refractivity contribution < 1.29 is 9.90 Å². The van der Waals surface area contributed by atoms with Gasteiger partial charge in [0.05, 0.1) is 12.6 Å². The number of carbonyl (C=O) groups excluding carboxylic acids is 1. The van der Waals surface area contributed by atoms with Gasteiger partial charge in [-0.1, -0.05) is 30.3 Å². The van der Waals surface area contributed by atoms with Crippen molar-refractivity contribution in [2.75, 3.05) is 19.7 Å². The lowest BCUT2D eigenvalue weighted by Crippen LogP contribution is -2.43. The van der Waals surface area contributed by atoms with Crippen LogP contribution >= 0.6 is 0 Å². The number of carbonyl (C=O) groups is 1. The Bertz CT molecular complexity index is 404. The van der Waals surface area contributed by atoms with Gasteiger partial charge in [0.25, 0.3) is 0 Å². The topological polar surface area (TPSA) is 52.6 Å². The van der Waals surface area contributed by atoms with Crippen LogP contribution in [0.3, 0.4) is 0 Å². The smallest absolute Gasteiger partial charge is 0.317 e. The maximum atomic E-state index is 12.2. The molecule has 4 nitrogen and oxygen atoms in total. The number of benzene rings is 1. The highest BCUT2D eigenvalue weighted by Crippen LogP contribution is 2.40. The SMILES string of the molecule is CCN(CCO)C(=O)NC(c1ccccc1)C1CC1. The third-order valence-electron chi connectivity index (χ3n) is 3.57. The number of likely N-dealkylation sites (N-methyl/N-ethyl adjacent to an activating group) is 1. The highest BCUT2D eigenvalue weighted by atomic mass is 16.3. The van der Waals surface area contributed by atoms with E-state index >= 15 is 0 Å². The Labute approximate surface area is 114 Å². The van der Waals surface area contributed by atoms with Crippen LogP contribution in [-0.2, 0) is 0 Å². The molecule has 1 unspecified atom stereocenters. The molecular formula is C15H22N2O2. The minimum atomic E-state index is -0.0858. The molecule has 0 radical (unpaired) electrons. The van der Waals surface area contributed by atoms with Gasteiger partial charge in [-0.2, -0.15) is 0 Å². The monoisotopic (exact) mass is 262 g/mol. The molecule has 1 atom stereocenters. The lowest BCUT2D eigenvalue weighted by atomic mass is 10.0. The van der Waals surface area contributed by atoms with Crippen molar-refractivity contribution in [1.29, 1.82) is 0 Å². The Hall–Kier alpha value is -1.55. The largest absolute Gasteiger partial charge is 0.395 e. The Morgan fingerprint density at radius 3 is 2.63 bits per heavy atom. The highest BCUT2D eigenvalue weighted by Gasteiger charge is 2.33. The fraction of sp³-hybridized carbons (Fsp3) is 0.533. The Kier molecular flexibility index (Phi) is 4.80. The summed E-state index contributed by atoms with van der Waals surface area (Å²) in [5.74, 6) is 0.555. The van der Waals surface area contributed by atoms with Gasteiger partial charge < -0.3 is 15.3 Å². The molecule has 0 aliphatic heterocycles. The van der Waals surface area contributed by atoms with Crippen LogP contribution in [0.1, 0.15) is 31.4 Å². The summed E-state index contributed by atoms with van der Waals surface area (Å²) in [4.78, 5) is 13.8. The first-order chi connectivity index (χ1) is 9.26. The van der Waals surface area contributed by atoms with E-state index in [1.165, 1.54) is 18.4 Å². The molecule has 0 bridgehead atoms. The molecule has 0 saturated heterocycles. The molecule has 0 heterocycles. The van der Waals surface area contributed by atoms with Gasteiger partial charge in [-0.15, -0.1) is 0 Å². The number of nitrogens with zero attached hydrogens (tertiary/aromatic N) is 1. The molecule has 2 amide bonds. The number of aliphatic hydroxyl groups excluding tert-OH is 1. The third kappa shape index (κ3) is 3.70. The predicted molar refractivity (Wildman–Crippen MR) is 74.8 cm³/mol. The molecule has 2 N–H and O–H groups in total. The average Bonchev–Trinajstić information content (AvgIpc) is 3.27. The van der Waals surface area contributed by atoms with Crippen LogP contribution in [0.4, 0.5) is 4.79 Å².